The van der Waals surface area contributed by atoms with Gasteiger partial charge in [-0.3, -0.25) is 4.79 Å². The Kier molecular flexibility index (Phi) is 4.21. The van der Waals surface area contributed by atoms with Gasteiger partial charge in [0.15, 0.2) is 0 Å². The molecule has 4 nitrogen and oxygen atoms in total. The van der Waals surface area contributed by atoms with E-state index in [0.717, 1.165) is 12.1 Å². The van der Waals surface area contributed by atoms with Crippen LogP contribution in [0.1, 0.15) is 12.0 Å². The molecular formula is C12H10FN3O. The average Bonchev–Trinajstić information content (AvgIpc) is 2.31. The van der Waals surface area contributed by atoms with Gasteiger partial charge >= 0.3 is 0 Å². The second kappa shape index (κ2) is 5.64. The van der Waals surface area contributed by atoms with E-state index in [9.17, 15) is 9.18 Å². The van der Waals surface area contributed by atoms with E-state index in [-0.39, 0.29) is 17.7 Å². The molecule has 0 aliphatic heterocycles. The van der Waals surface area contributed by atoms with Gasteiger partial charge in [-0.1, -0.05) is 0 Å². The summed E-state index contributed by atoms with van der Waals surface area (Å²) in [4.78, 5) is 11.5. The average molecular weight is 231 g/mol. The minimum Gasteiger partial charge on any atom is -0.324 e. The summed E-state index contributed by atoms with van der Waals surface area (Å²) in [6.45, 7) is 0. The van der Waals surface area contributed by atoms with Crippen LogP contribution in [0.3, 0.4) is 0 Å². The molecule has 0 heterocycles. The van der Waals surface area contributed by atoms with Gasteiger partial charge in [0.25, 0.3) is 0 Å². The summed E-state index contributed by atoms with van der Waals surface area (Å²) in [5.74, 6) is 1.20. The molecule has 1 atom stereocenters. The Hall–Kier alpha value is -2.37. The van der Waals surface area contributed by atoms with Crippen molar-refractivity contribution in [3.63, 3.8) is 0 Å². The highest BCUT2D eigenvalue weighted by atomic mass is 19.1. The molecule has 0 fully saturated rings. The maximum atomic E-state index is 12.8. The predicted octanol–water partition coefficient (Wildman–Crippen LogP) is 0.986. The smallest absolute Gasteiger partial charge is 0.242 e. The molecule has 3 N–H and O–H groups in total. The molecule has 0 bridgehead atoms. The molecular weight excluding hydrogens is 221 g/mol. The summed E-state index contributed by atoms with van der Waals surface area (Å²) in [6.07, 6.45) is 5.12. The fourth-order valence-corrected chi connectivity index (χ4v) is 1.16. The SMILES string of the molecule is C#CCC(N)C(=O)Nc1ccc(F)cc1C#N. The summed E-state index contributed by atoms with van der Waals surface area (Å²) in [7, 11) is 0. The van der Waals surface area contributed by atoms with Gasteiger partial charge in [0.05, 0.1) is 17.3 Å². The van der Waals surface area contributed by atoms with Gasteiger partial charge in [0.1, 0.15) is 11.9 Å². The van der Waals surface area contributed by atoms with Gasteiger partial charge in [0, 0.05) is 6.42 Å². The molecule has 0 saturated carbocycles. The van der Waals surface area contributed by atoms with Crippen molar-refractivity contribution in [1.82, 2.24) is 0 Å². The molecule has 1 aromatic rings. The van der Waals surface area contributed by atoms with Crippen molar-refractivity contribution < 1.29 is 9.18 Å². The lowest BCUT2D eigenvalue weighted by molar-refractivity contribution is -0.117. The number of rotatable bonds is 3. The van der Waals surface area contributed by atoms with Gasteiger partial charge in [-0.25, -0.2) is 4.39 Å². The Morgan fingerprint density at radius 2 is 2.35 bits per heavy atom. The highest BCUT2D eigenvalue weighted by molar-refractivity contribution is 5.95. The number of halogens is 1. The Balaban J connectivity index is 2.86. The monoisotopic (exact) mass is 231 g/mol. The van der Waals surface area contributed by atoms with Crippen LogP contribution < -0.4 is 11.1 Å². The van der Waals surface area contributed by atoms with Crippen molar-refractivity contribution in [3.8, 4) is 18.4 Å². The number of hydrogen-bond donors (Lipinski definition) is 2. The number of carbonyl (C=O) groups excluding carboxylic acids is 1. The molecule has 0 radical (unpaired) electrons. The van der Waals surface area contributed by atoms with Gasteiger partial charge < -0.3 is 11.1 Å². The summed E-state index contributed by atoms with van der Waals surface area (Å²) in [5.41, 5.74) is 5.73. The van der Waals surface area contributed by atoms with Crippen LogP contribution in [0.4, 0.5) is 10.1 Å². The molecule has 1 amide bonds. The van der Waals surface area contributed by atoms with Crippen LogP contribution in [0.15, 0.2) is 18.2 Å². The van der Waals surface area contributed by atoms with Crippen molar-refractivity contribution in [2.45, 2.75) is 12.5 Å². The number of amides is 1. The molecule has 0 aliphatic rings. The van der Waals surface area contributed by atoms with E-state index in [1.54, 1.807) is 6.07 Å². The number of nitrogens with one attached hydrogen (secondary N) is 1. The predicted molar refractivity (Wildman–Crippen MR) is 61.2 cm³/mol. The van der Waals surface area contributed by atoms with E-state index in [4.69, 9.17) is 17.4 Å². The molecule has 0 saturated heterocycles. The zero-order chi connectivity index (χ0) is 12.8. The lowest BCUT2D eigenvalue weighted by Crippen LogP contribution is -2.35. The molecule has 0 spiro atoms. The van der Waals surface area contributed by atoms with Crippen LogP contribution in [0.5, 0.6) is 0 Å². The topological polar surface area (TPSA) is 78.9 Å². The van der Waals surface area contributed by atoms with E-state index in [1.165, 1.54) is 6.07 Å². The minimum absolute atomic E-state index is 0.0336. The quantitative estimate of drug-likeness (QED) is 0.761. The van der Waals surface area contributed by atoms with E-state index in [1.807, 2.05) is 0 Å². The van der Waals surface area contributed by atoms with Crippen molar-refractivity contribution in [1.29, 1.82) is 5.26 Å². The zero-order valence-electron chi connectivity index (χ0n) is 8.90. The number of nitrogens with two attached hydrogens (primary N) is 1. The number of hydrogen-bond acceptors (Lipinski definition) is 3. The van der Waals surface area contributed by atoms with Gasteiger partial charge in [-0.2, -0.15) is 5.26 Å². The summed E-state index contributed by atoms with van der Waals surface area (Å²) in [6, 6.07) is 4.40. The largest absolute Gasteiger partial charge is 0.324 e. The van der Waals surface area contributed by atoms with Gasteiger partial charge in [-0.05, 0) is 18.2 Å². The molecule has 17 heavy (non-hydrogen) atoms. The van der Waals surface area contributed by atoms with Crippen molar-refractivity contribution in [2.24, 2.45) is 5.73 Å². The Labute approximate surface area is 98.2 Å². The molecule has 86 valence electrons. The second-order valence-corrected chi connectivity index (χ2v) is 3.31. The van der Waals surface area contributed by atoms with E-state index < -0.39 is 17.8 Å². The zero-order valence-corrected chi connectivity index (χ0v) is 8.90. The van der Waals surface area contributed by atoms with Crippen LogP contribution in [0.25, 0.3) is 0 Å². The molecule has 1 rings (SSSR count). The third-order valence-corrected chi connectivity index (χ3v) is 2.03. The van der Waals surface area contributed by atoms with Crippen LogP contribution in [-0.2, 0) is 4.79 Å². The van der Waals surface area contributed by atoms with Crippen molar-refractivity contribution in [2.75, 3.05) is 5.32 Å². The Morgan fingerprint density at radius 1 is 1.65 bits per heavy atom. The van der Waals surface area contributed by atoms with E-state index in [0.29, 0.717) is 0 Å². The molecule has 1 aromatic carbocycles. The highest BCUT2D eigenvalue weighted by Gasteiger charge is 2.14. The standard InChI is InChI=1S/C12H10FN3O/c1-2-3-10(15)12(17)16-11-5-4-9(13)6-8(11)7-14/h1,4-6,10H,3,15H2,(H,16,17). The number of anilines is 1. The number of terminal acetylenes is 1. The maximum Gasteiger partial charge on any atom is 0.242 e. The normalized spacial score (nSPS) is 11.1. The third kappa shape index (κ3) is 3.30. The van der Waals surface area contributed by atoms with Crippen LogP contribution in [0.2, 0.25) is 0 Å². The molecule has 0 aromatic heterocycles. The Morgan fingerprint density at radius 3 is 2.94 bits per heavy atom. The maximum absolute atomic E-state index is 12.8. The van der Waals surface area contributed by atoms with Crippen molar-refractivity contribution >= 4 is 11.6 Å². The third-order valence-electron chi connectivity index (χ3n) is 2.03. The fraction of sp³-hybridized carbons (Fsp3) is 0.167. The van der Waals surface area contributed by atoms with Gasteiger partial charge in [0.2, 0.25) is 5.91 Å². The fourth-order valence-electron chi connectivity index (χ4n) is 1.16. The first-order chi connectivity index (χ1) is 8.08. The van der Waals surface area contributed by atoms with Crippen molar-refractivity contribution in [3.05, 3.63) is 29.6 Å². The molecule has 0 aliphatic carbocycles. The first-order valence-electron chi connectivity index (χ1n) is 4.78. The van der Waals surface area contributed by atoms with E-state index in [2.05, 4.69) is 11.2 Å². The lowest BCUT2D eigenvalue weighted by Gasteiger charge is -2.10. The minimum atomic E-state index is -0.850. The summed E-state index contributed by atoms with van der Waals surface area (Å²) < 4.78 is 12.8. The number of nitrogens with zero attached hydrogens (tertiary/aromatic N) is 1. The van der Waals surface area contributed by atoms with E-state index >= 15 is 0 Å². The Bertz CT molecular complexity index is 513. The summed E-state index contributed by atoms with van der Waals surface area (Å²) in [5, 5.41) is 11.2. The summed E-state index contributed by atoms with van der Waals surface area (Å²) >= 11 is 0. The first kappa shape index (κ1) is 12.7. The van der Waals surface area contributed by atoms with Crippen LogP contribution in [-0.4, -0.2) is 11.9 Å². The van der Waals surface area contributed by atoms with Gasteiger partial charge in [-0.15, -0.1) is 12.3 Å². The first-order valence-corrected chi connectivity index (χ1v) is 4.78. The number of nitriles is 1. The van der Waals surface area contributed by atoms with Crippen LogP contribution in [0, 0.1) is 29.5 Å². The molecule has 1 unspecified atom stereocenters. The highest BCUT2D eigenvalue weighted by Crippen LogP contribution is 2.16. The number of benzene rings is 1. The molecule has 5 heteroatoms. The second-order valence-electron chi connectivity index (χ2n) is 3.31. The lowest BCUT2D eigenvalue weighted by atomic mass is 10.1. The number of carbonyl (C=O) groups is 1. The van der Waals surface area contributed by atoms with Crippen LogP contribution >= 0.6 is 0 Å².